The van der Waals surface area contributed by atoms with Crippen molar-refractivity contribution >= 4 is 5.91 Å². The maximum atomic E-state index is 13.2. The minimum atomic E-state index is -1.03. The lowest BCUT2D eigenvalue weighted by Gasteiger charge is -2.28. The summed E-state index contributed by atoms with van der Waals surface area (Å²) in [6.45, 7) is 1.92. The molecule has 2 unspecified atom stereocenters. The monoisotopic (exact) mass is 342 g/mol. The minimum absolute atomic E-state index is 0.106. The summed E-state index contributed by atoms with van der Waals surface area (Å²) in [6.07, 6.45) is 0.950. The maximum absolute atomic E-state index is 13.2. The Morgan fingerprint density at radius 2 is 1.72 bits per heavy atom. The van der Waals surface area contributed by atoms with Crippen LogP contribution in [0.5, 0.6) is 0 Å². The number of benzene rings is 2. The second kappa shape index (κ2) is 8.23. The van der Waals surface area contributed by atoms with Crippen LogP contribution in [0.15, 0.2) is 54.6 Å². The summed E-state index contributed by atoms with van der Waals surface area (Å²) in [4.78, 5) is 14.7. The Kier molecular flexibility index (Phi) is 5.79. The number of hydrogen-bond acceptors (Lipinski definition) is 3. The van der Waals surface area contributed by atoms with Gasteiger partial charge in [0.05, 0.1) is 0 Å². The molecule has 2 aromatic carbocycles. The van der Waals surface area contributed by atoms with Crippen LogP contribution in [-0.2, 0) is 11.3 Å². The number of nitrogens with one attached hydrogen (secondary N) is 1. The van der Waals surface area contributed by atoms with E-state index in [2.05, 4.69) is 5.32 Å². The fourth-order valence-corrected chi connectivity index (χ4v) is 3.14. The molecular formula is C20H23FN2O2. The Morgan fingerprint density at radius 3 is 2.36 bits per heavy atom. The number of likely N-dealkylation sites (tertiary alicyclic amines) is 1. The van der Waals surface area contributed by atoms with E-state index in [9.17, 15) is 14.3 Å². The van der Waals surface area contributed by atoms with Crippen molar-refractivity contribution in [3.63, 3.8) is 0 Å². The van der Waals surface area contributed by atoms with Crippen molar-refractivity contribution in [1.29, 1.82) is 0 Å². The van der Waals surface area contributed by atoms with E-state index >= 15 is 0 Å². The zero-order valence-corrected chi connectivity index (χ0v) is 14.1. The summed E-state index contributed by atoms with van der Waals surface area (Å²) >= 11 is 0. The summed E-state index contributed by atoms with van der Waals surface area (Å²) in [6, 6.07) is 14.6. The van der Waals surface area contributed by atoms with Gasteiger partial charge in [-0.1, -0.05) is 42.5 Å². The summed E-state index contributed by atoms with van der Waals surface area (Å²) in [7, 11) is 0. The molecule has 2 atom stereocenters. The van der Waals surface area contributed by atoms with E-state index < -0.39 is 12.1 Å². The van der Waals surface area contributed by atoms with Gasteiger partial charge in [0.15, 0.2) is 0 Å². The van der Waals surface area contributed by atoms with E-state index in [1.54, 1.807) is 4.90 Å². The molecule has 1 aliphatic rings. The highest BCUT2D eigenvalue weighted by molar-refractivity contribution is 5.83. The molecule has 0 bridgehead atoms. The number of aliphatic hydroxyl groups is 1. The summed E-state index contributed by atoms with van der Waals surface area (Å²) in [5.41, 5.74) is 1.56. The number of carbonyl (C=O) groups excluding carboxylic acids is 1. The SMILES string of the molecule is O=C(C(NCc1ccccc1)C(O)c1ccc(F)cc1)N1CCCC1. The normalized spacial score (nSPS) is 16.6. The van der Waals surface area contributed by atoms with Crippen molar-refractivity contribution in [3.05, 3.63) is 71.5 Å². The predicted octanol–water partition coefficient (Wildman–Crippen LogP) is 2.64. The fourth-order valence-electron chi connectivity index (χ4n) is 3.14. The van der Waals surface area contributed by atoms with Gasteiger partial charge < -0.3 is 10.0 Å². The highest BCUT2D eigenvalue weighted by Crippen LogP contribution is 2.21. The van der Waals surface area contributed by atoms with Crippen molar-refractivity contribution in [1.82, 2.24) is 10.2 Å². The van der Waals surface area contributed by atoms with E-state index in [0.29, 0.717) is 12.1 Å². The topological polar surface area (TPSA) is 52.6 Å². The third-order valence-corrected chi connectivity index (χ3v) is 4.58. The van der Waals surface area contributed by atoms with Gasteiger partial charge in [0.1, 0.15) is 18.0 Å². The van der Waals surface area contributed by atoms with Crippen molar-refractivity contribution in [3.8, 4) is 0 Å². The quantitative estimate of drug-likeness (QED) is 0.849. The maximum Gasteiger partial charge on any atom is 0.242 e. The molecule has 0 spiro atoms. The van der Waals surface area contributed by atoms with Gasteiger partial charge in [-0.05, 0) is 36.1 Å². The first kappa shape index (κ1) is 17.6. The average molecular weight is 342 g/mol. The zero-order valence-electron chi connectivity index (χ0n) is 14.1. The second-order valence-corrected chi connectivity index (χ2v) is 6.37. The highest BCUT2D eigenvalue weighted by Gasteiger charge is 2.32. The van der Waals surface area contributed by atoms with Crippen LogP contribution in [-0.4, -0.2) is 35.0 Å². The van der Waals surface area contributed by atoms with Crippen LogP contribution < -0.4 is 5.32 Å². The molecule has 1 saturated heterocycles. The van der Waals surface area contributed by atoms with Gasteiger partial charge in [-0.15, -0.1) is 0 Å². The molecule has 4 nitrogen and oxygen atoms in total. The van der Waals surface area contributed by atoms with Crippen LogP contribution in [0.25, 0.3) is 0 Å². The van der Waals surface area contributed by atoms with Gasteiger partial charge in [-0.25, -0.2) is 4.39 Å². The number of amides is 1. The molecule has 0 aromatic heterocycles. The van der Waals surface area contributed by atoms with Gasteiger partial charge in [0.2, 0.25) is 5.91 Å². The van der Waals surface area contributed by atoms with E-state index in [-0.39, 0.29) is 11.7 Å². The van der Waals surface area contributed by atoms with Gasteiger partial charge >= 0.3 is 0 Å². The van der Waals surface area contributed by atoms with Gasteiger partial charge in [0, 0.05) is 19.6 Å². The standard InChI is InChI=1S/C20H23FN2O2/c21-17-10-8-16(9-11-17)19(24)18(20(25)23-12-4-5-13-23)22-14-15-6-2-1-3-7-15/h1-3,6-11,18-19,22,24H,4-5,12-14H2. The molecule has 1 fully saturated rings. The molecule has 2 aromatic rings. The van der Waals surface area contributed by atoms with Gasteiger partial charge in [-0.2, -0.15) is 0 Å². The number of carbonyl (C=O) groups is 1. The number of hydrogen-bond donors (Lipinski definition) is 2. The average Bonchev–Trinajstić information content (AvgIpc) is 3.18. The largest absolute Gasteiger partial charge is 0.386 e. The lowest BCUT2D eigenvalue weighted by Crippen LogP contribution is -2.48. The Balaban J connectivity index is 1.77. The molecule has 3 rings (SSSR count). The fraction of sp³-hybridized carbons (Fsp3) is 0.350. The molecule has 0 saturated carbocycles. The first-order valence-electron chi connectivity index (χ1n) is 8.65. The third-order valence-electron chi connectivity index (χ3n) is 4.58. The van der Waals surface area contributed by atoms with E-state index in [0.717, 1.165) is 31.5 Å². The van der Waals surface area contributed by atoms with Crippen LogP contribution in [0.1, 0.15) is 30.1 Å². The molecule has 1 heterocycles. The van der Waals surface area contributed by atoms with Crippen LogP contribution >= 0.6 is 0 Å². The molecule has 2 N–H and O–H groups in total. The first-order chi connectivity index (χ1) is 12.1. The highest BCUT2D eigenvalue weighted by atomic mass is 19.1. The number of rotatable bonds is 6. The minimum Gasteiger partial charge on any atom is -0.386 e. The molecule has 5 heteroatoms. The molecular weight excluding hydrogens is 319 g/mol. The third kappa shape index (κ3) is 4.44. The van der Waals surface area contributed by atoms with Crippen LogP contribution in [0.4, 0.5) is 4.39 Å². The van der Waals surface area contributed by atoms with Crippen molar-refractivity contribution in [2.24, 2.45) is 0 Å². The summed E-state index contributed by atoms with van der Waals surface area (Å²) < 4.78 is 13.2. The molecule has 132 valence electrons. The first-order valence-corrected chi connectivity index (χ1v) is 8.65. The van der Waals surface area contributed by atoms with Crippen molar-refractivity contribution in [2.45, 2.75) is 31.5 Å². The number of halogens is 1. The lowest BCUT2D eigenvalue weighted by molar-refractivity contribution is -0.135. The van der Waals surface area contributed by atoms with Crippen molar-refractivity contribution in [2.75, 3.05) is 13.1 Å². The van der Waals surface area contributed by atoms with Gasteiger partial charge in [-0.3, -0.25) is 10.1 Å². The van der Waals surface area contributed by atoms with Crippen molar-refractivity contribution < 1.29 is 14.3 Å². The Morgan fingerprint density at radius 1 is 1.08 bits per heavy atom. The summed E-state index contributed by atoms with van der Waals surface area (Å²) in [5, 5.41) is 13.9. The Bertz CT molecular complexity index is 685. The van der Waals surface area contributed by atoms with E-state index in [1.165, 1.54) is 24.3 Å². The molecule has 1 amide bonds. The van der Waals surface area contributed by atoms with Crippen LogP contribution in [0.2, 0.25) is 0 Å². The van der Waals surface area contributed by atoms with Crippen LogP contribution in [0, 0.1) is 5.82 Å². The smallest absolute Gasteiger partial charge is 0.242 e. The molecule has 1 aliphatic heterocycles. The lowest BCUT2D eigenvalue weighted by atomic mass is 10.0. The van der Waals surface area contributed by atoms with Gasteiger partial charge in [0.25, 0.3) is 0 Å². The van der Waals surface area contributed by atoms with Crippen LogP contribution in [0.3, 0.4) is 0 Å². The Hall–Kier alpha value is -2.24. The van der Waals surface area contributed by atoms with E-state index in [4.69, 9.17) is 0 Å². The second-order valence-electron chi connectivity index (χ2n) is 6.37. The summed E-state index contributed by atoms with van der Waals surface area (Å²) in [5.74, 6) is -0.471. The zero-order chi connectivity index (χ0) is 17.6. The Labute approximate surface area is 147 Å². The predicted molar refractivity (Wildman–Crippen MR) is 94.2 cm³/mol. The molecule has 0 radical (unpaired) electrons. The number of aliphatic hydroxyl groups excluding tert-OH is 1. The number of nitrogens with zero attached hydrogens (tertiary/aromatic N) is 1. The molecule has 0 aliphatic carbocycles. The van der Waals surface area contributed by atoms with E-state index in [1.807, 2.05) is 30.3 Å². The molecule has 25 heavy (non-hydrogen) atoms.